The number of hydrogen-bond acceptors (Lipinski definition) is 4. The maximum atomic E-state index is 13.0. The van der Waals surface area contributed by atoms with E-state index in [1.165, 1.54) is 0 Å². The van der Waals surface area contributed by atoms with Crippen molar-refractivity contribution in [2.24, 2.45) is 0 Å². The van der Waals surface area contributed by atoms with Crippen LogP contribution in [0.3, 0.4) is 0 Å². The van der Waals surface area contributed by atoms with Gasteiger partial charge in [-0.2, -0.15) is 0 Å². The lowest BCUT2D eigenvalue weighted by molar-refractivity contribution is -0.142. The molecule has 0 unspecified atom stereocenters. The molecule has 162 valence electrons. The minimum Gasteiger partial charge on any atom is -0.497 e. The number of benzene rings is 2. The molecule has 0 radical (unpaired) electrons. The van der Waals surface area contributed by atoms with Crippen LogP contribution in [-0.2, 0) is 16.1 Å². The van der Waals surface area contributed by atoms with Gasteiger partial charge in [-0.1, -0.05) is 36.8 Å². The predicted molar refractivity (Wildman–Crippen MR) is 118 cm³/mol. The second-order valence-electron chi connectivity index (χ2n) is 7.47. The Labute approximate surface area is 179 Å². The number of carbonyl (C=O) groups excluding carboxylic acids is 2. The quantitative estimate of drug-likeness (QED) is 0.646. The van der Waals surface area contributed by atoms with Gasteiger partial charge in [0, 0.05) is 12.6 Å². The van der Waals surface area contributed by atoms with Gasteiger partial charge in [0.05, 0.1) is 7.11 Å². The lowest BCUT2D eigenvalue weighted by atomic mass is 10.1. The van der Waals surface area contributed by atoms with E-state index in [1.54, 1.807) is 43.2 Å². The Bertz CT molecular complexity index is 835. The van der Waals surface area contributed by atoms with Gasteiger partial charge in [-0.15, -0.1) is 0 Å². The van der Waals surface area contributed by atoms with E-state index >= 15 is 0 Å². The van der Waals surface area contributed by atoms with E-state index in [0.717, 1.165) is 17.5 Å². The molecule has 0 aliphatic carbocycles. The van der Waals surface area contributed by atoms with E-state index < -0.39 is 6.04 Å². The van der Waals surface area contributed by atoms with E-state index in [9.17, 15) is 9.59 Å². The van der Waals surface area contributed by atoms with Gasteiger partial charge in [-0.3, -0.25) is 9.59 Å². The van der Waals surface area contributed by atoms with Crippen molar-refractivity contribution in [2.45, 2.75) is 52.7 Å². The Balaban J connectivity index is 2.13. The zero-order chi connectivity index (χ0) is 22.1. The van der Waals surface area contributed by atoms with Crippen LogP contribution >= 0.6 is 0 Å². The number of hydrogen-bond donors (Lipinski definition) is 1. The normalized spacial score (nSPS) is 12.6. The lowest BCUT2D eigenvalue weighted by Gasteiger charge is -2.29. The van der Waals surface area contributed by atoms with Crippen LogP contribution in [0.5, 0.6) is 11.5 Å². The van der Waals surface area contributed by atoms with Gasteiger partial charge >= 0.3 is 0 Å². The van der Waals surface area contributed by atoms with Crippen molar-refractivity contribution in [3.8, 4) is 11.5 Å². The first-order chi connectivity index (χ1) is 14.3. The zero-order valence-corrected chi connectivity index (χ0v) is 18.5. The molecular weight excluding hydrogens is 380 g/mol. The first-order valence-corrected chi connectivity index (χ1v) is 10.3. The SMILES string of the molecule is CC[C@H](C)NC(=O)[C@H](C)N(Cc1cccc(C)c1)C(=O)COc1ccc(OC)cc1. The molecule has 0 aliphatic rings. The summed E-state index contributed by atoms with van der Waals surface area (Å²) < 4.78 is 10.8. The summed E-state index contributed by atoms with van der Waals surface area (Å²) in [6.45, 7) is 7.89. The smallest absolute Gasteiger partial charge is 0.261 e. The van der Waals surface area contributed by atoms with E-state index in [0.29, 0.717) is 18.0 Å². The minimum absolute atomic E-state index is 0.0476. The molecule has 30 heavy (non-hydrogen) atoms. The molecule has 0 bridgehead atoms. The summed E-state index contributed by atoms with van der Waals surface area (Å²) in [5, 5.41) is 2.96. The fourth-order valence-electron chi connectivity index (χ4n) is 2.96. The summed E-state index contributed by atoms with van der Waals surface area (Å²) in [6.07, 6.45) is 0.824. The van der Waals surface area contributed by atoms with Crippen molar-refractivity contribution < 1.29 is 19.1 Å². The molecule has 0 saturated carbocycles. The summed E-state index contributed by atoms with van der Waals surface area (Å²) in [5.74, 6) is 0.857. The zero-order valence-electron chi connectivity index (χ0n) is 18.5. The lowest BCUT2D eigenvalue weighted by Crippen LogP contribution is -2.50. The van der Waals surface area contributed by atoms with Crippen molar-refractivity contribution in [1.29, 1.82) is 0 Å². The van der Waals surface area contributed by atoms with Crippen molar-refractivity contribution in [3.05, 3.63) is 59.7 Å². The van der Waals surface area contributed by atoms with Gasteiger partial charge in [0.2, 0.25) is 5.91 Å². The van der Waals surface area contributed by atoms with Crippen LogP contribution in [0.4, 0.5) is 0 Å². The highest BCUT2D eigenvalue weighted by molar-refractivity contribution is 5.88. The second-order valence-corrected chi connectivity index (χ2v) is 7.47. The fraction of sp³-hybridized carbons (Fsp3) is 0.417. The number of aryl methyl sites for hydroxylation is 1. The molecule has 2 aromatic carbocycles. The Morgan fingerprint density at radius 2 is 1.73 bits per heavy atom. The van der Waals surface area contributed by atoms with Gasteiger partial charge < -0.3 is 19.7 Å². The van der Waals surface area contributed by atoms with Crippen LogP contribution < -0.4 is 14.8 Å². The largest absolute Gasteiger partial charge is 0.497 e. The third kappa shape index (κ3) is 6.79. The first kappa shape index (κ1) is 23.3. The van der Waals surface area contributed by atoms with Gasteiger partial charge in [-0.25, -0.2) is 0 Å². The van der Waals surface area contributed by atoms with Crippen LogP contribution in [0.2, 0.25) is 0 Å². The van der Waals surface area contributed by atoms with E-state index in [1.807, 2.05) is 45.0 Å². The van der Waals surface area contributed by atoms with Crippen molar-refractivity contribution in [1.82, 2.24) is 10.2 Å². The molecule has 2 rings (SSSR count). The number of nitrogens with zero attached hydrogens (tertiary/aromatic N) is 1. The maximum Gasteiger partial charge on any atom is 0.261 e. The van der Waals surface area contributed by atoms with Crippen molar-refractivity contribution in [3.63, 3.8) is 0 Å². The predicted octanol–water partition coefficient (Wildman–Crippen LogP) is 3.71. The number of amides is 2. The Morgan fingerprint density at radius 3 is 2.33 bits per heavy atom. The number of nitrogens with one attached hydrogen (secondary N) is 1. The minimum atomic E-state index is -0.619. The van der Waals surface area contributed by atoms with Crippen LogP contribution in [0.15, 0.2) is 48.5 Å². The molecular formula is C24H32N2O4. The molecule has 0 heterocycles. The van der Waals surface area contributed by atoms with Gasteiger partial charge in [0.25, 0.3) is 5.91 Å². The standard InChI is InChI=1S/C24H32N2O4/c1-6-18(3)25-24(28)19(4)26(15-20-9-7-8-17(2)14-20)23(27)16-30-22-12-10-21(29-5)11-13-22/h7-14,18-19H,6,15-16H2,1-5H3,(H,25,28)/t18-,19-/m0/s1. The molecule has 6 nitrogen and oxygen atoms in total. The van der Waals surface area contributed by atoms with E-state index in [2.05, 4.69) is 5.32 Å². The fourth-order valence-corrected chi connectivity index (χ4v) is 2.96. The molecule has 2 aromatic rings. The molecule has 2 atom stereocenters. The number of carbonyl (C=O) groups is 2. The average Bonchev–Trinajstić information content (AvgIpc) is 2.75. The summed E-state index contributed by atoms with van der Waals surface area (Å²) in [4.78, 5) is 27.3. The summed E-state index contributed by atoms with van der Waals surface area (Å²) in [7, 11) is 1.59. The molecule has 6 heteroatoms. The van der Waals surface area contributed by atoms with E-state index in [-0.39, 0.29) is 24.5 Å². The molecule has 0 aromatic heterocycles. The third-order valence-corrected chi connectivity index (χ3v) is 5.03. The third-order valence-electron chi connectivity index (χ3n) is 5.03. The summed E-state index contributed by atoms with van der Waals surface area (Å²) in [6, 6.07) is 14.4. The van der Waals surface area contributed by atoms with Crippen molar-refractivity contribution >= 4 is 11.8 Å². The highest BCUT2D eigenvalue weighted by atomic mass is 16.5. The Hall–Kier alpha value is -3.02. The number of rotatable bonds is 10. The highest BCUT2D eigenvalue weighted by Crippen LogP contribution is 2.18. The van der Waals surface area contributed by atoms with Crippen LogP contribution in [0.25, 0.3) is 0 Å². The Morgan fingerprint density at radius 1 is 1.07 bits per heavy atom. The maximum absolute atomic E-state index is 13.0. The van der Waals surface area contributed by atoms with Gasteiger partial charge in [0.15, 0.2) is 6.61 Å². The van der Waals surface area contributed by atoms with Crippen LogP contribution in [-0.4, -0.2) is 42.5 Å². The molecule has 2 amide bonds. The highest BCUT2D eigenvalue weighted by Gasteiger charge is 2.27. The van der Waals surface area contributed by atoms with Gasteiger partial charge in [-0.05, 0) is 57.0 Å². The molecule has 0 saturated heterocycles. The summed E-state index contributed by atoms with van der Waals surface area (Å²) in [5.41, 5.74) is 2.07. The number of ether oxygens (including phenoxy) is 2. The summed E-state index contributed by atoms with van der Waals surface area (Å²) >= 11 is 0. The van der Waals surface area contributed by atoms with Crippen LogP contribution in [0, 0.1) is 6.92 Å². The van der Waals surface area contributed by atoms with E-state index in [4.69, 9.17) is 9.47 Å². The molecule has 1 N–H and O–H groups in total. The van der Waals surface area contributed by atoms with Gasteiger partial charge in [0.1, 0.15) is 17.5 Å². The molecule has 0 fully saturated rings. The van der Waals surface area contributed by atoms with Crippen LogP contribution in [0.1, 0.15) is 38.3 Å². The topological polar surface area (TPSA) is 67.9 Å². The van der Waals surface area contributed by atoms with Crippen molar-refractivity contribution in [2.75, 3.05) is 13.7 Å². The average molecular weight is 413 g/mol. The monoisotopic (exact) mass is 412 g/mol. The second kappa shape index (κ2) is 11.2. The molecule has 0 aliphatic heterocycles. The number of methoxy groups -OCH3 is 1. The molecule has 0 spiro atoms. The Kier molecular flexibility index (Phi) is 8.71. The first-order valence-electron chi connectivity index (χ1n) is 10.3.